The van der Waals surface area contributed by atoms with Gasteiger partial charge in [0.25, 0.3) is 5.91 Å². The van der Waals surface area contributed by atoms with Gasteiger partial charge < -0.3 is 14.7 Å². The maximum Gasteiger partial charge on any atom is 0.341 e. The second-order valence-electron chi connectivity index (χ2n) is 8.30. The molecule has 1 heterocycles. The van der Waals surface area contributed by atoms with Gasteiger partial charge in [0.05, 0.1) is 13.7 Å². The minimum absolute atomic E-state index is 0.00551. The molecule has 0 spiro atoms. The van der Waals surface area contributed by atoms with Crippen LogP contribution in [-0.2, 0) is 17.7 Å². The van der Waals surface area contributed by atoms with Crippen molar-refractivity contribution in [3.63, 3.8) is 0 Å². The Morgan fingerprint density at radius 3 is 2.26 bits per heavy atom. The number of esters is 1. The largest absolute Gasteiger partial charge is 0.507 e. The van der Waals surface area contributed by atoms with E-state index in [1.54, 1.807) is 35.5 Å². The summed E-state index contributed by atoms with van der Waals surface area (Å²) in [5, 5.41) is 10.1. The molecule has 178 valence electrons. The van der Waals surface area contributed by atoms with Crippen LogP contribution in [0.5, 0.6) is 5.75 Å². The summed E-state index contributed by atoms with van der Waals surface area (Å²) in [5.41, 5.74) is 3.21. The van der Waals surface area contributed by atoms with Crippen LogP contribution in [0.3, 0.4) is 0 Å². The summed E-state index contributed by atoms with van der Waals surface area (Å²) in [7, 11) is 1.25. The highest BCUT2D eigenvalue weighted by Gasteiger charge is 2.21. The Balaban J connectivity index is 1.83. The number of methoxy groups -OCH3 is 1. The Morgan fingerprint density at radius 1 is 0.912 bits per heavy atom. The summed E-state index contributed by atoms with van der Waals surface area (Å²) in [4.78, 5) is 31.1. The minimum atomic E-state index is -0.668. The van der Waals surface area contributed by atoms with Crippen LogP contribution < -0.4 is 4.90 Å². The van der Waals surface area contributed by atoms with Gasteiger partial charge in [0.1, 0.15) is 11.3 Å². The molecule has 0 saturated heterocycles. The van der Waals surface area contributed by atoms with E-state index in [0.717, 1.165) is 12.0 Å². The van der Waals surface area contributed by atoms with Crippen LogP contribution in [0.1, 0.15) is 70.9 Å². The zero-order valence-electron chi connectivity index (χ0n) is 19.9. The van der Waals surface area contributed by atoms with Gasteiger partial charge in [-0.3, -0.25) is 9.78 Å². The number of phenols is 1. The van der Waals surface area contributed by atoms with E-state index in [-0.39, 0.29) is 17.2 Å². The number of carbonyl (C=O) groups excluding carboxylic acids is 2. The van der Waals surface area contributed by atoms with Crippen molar-refractivity contribution in [2.45, 2.75) is 52.0 Å². The quantitative estimate of drug-likeness (QED) is 0.283. The number of aromatic hydroxyl groups is 1. The zero-order chi connectivity index (χ0) is 24.3. The third-order valence-corrected chi connectivity index (χ3v) is 5.80. The van der Waals surface area contributed by atoms with Gasteiger partial charge in [0, 0.05) is 23.6 Å². The van der Waals surface area contributed by atoms with Crippen molar-refractivity contribution in [3.05, 3.63) is 89.2 Å². The number of carbonyl (C=O) groups is 2. The molecule has 34 heavy (non-hydrogen) atoms. The van der Waals surface area contributed by atoms with E-state index in [1.165, 1.54) is 56.9 Å². The molecule has 1 amide bonds. The second kappa shape index (κ2) is 12.5. The first-order chi connectivity index (χ1) is 16.5. The number of amides is 1. The van der Waals surface area contributed by atoms with E-state index in [4.69, 9.17) is 4.74 Å². The third-order valence-electron chi connectivity index (χ3n) is 5.80. The molecule has 0 unspecified atom stereocenters. The van der Waals surface area contributed by atoms with E-state index in [0.29, 0.717) is 17.8 Å². The van der Waals surface area contributed by atoms with Crippen LogP contribution >= 0.6 is 0 Å². The van der Waals surface area contributed by atoms with Gasteiger partial charge >= 0.3 is 5.97 Å². The van der Waals surface area contributed by atoms with Crippen molar-refractivity contribution >= 4 is 17.6 Å². The van der Waals surface area contributed by atoms with Crippen molar-refractivity contribution in [1.82, 2.24) is 4.98 Å². The number of aromatic nitrogens is 1. The second-order valence-corrected chi connectivity index (χ2v) is 8.30. The number of anilines is 1. The van der Waals surface area contributed by atoms with Gasteiger partial charge in [-0.1, -0.05) is 56.9 Å². The maximum absolute atomic E-state index is 13.4. The average Bonchev–Trinajstić information content (AvgIpc) is 2.88. The van der Waals surface area contributed by atoms with Gasteiger partial charge in [-0.15, -0.1) is 0 Å². The first-order valence-electron chi connectivity index (χ1n) is 11.7. The summed E-state index contributed by atoms with van der Waals surface area (Å²) in [6, 6.07) is 16.1. The molecule has 6 nitrogen and oxygen atoms in total. The maximum atomic E-state index is 13.4. The lowest BCUT2D eigenvalue weighted by Crippen LogP contribution is -2.30. The minimum Gasteiger partial charge on any atom is -0.507 e. The predicted molar refractivity (Wildman–Crippen MR) is 133 cm³/mol. The number of ether oxygens (including phenoxy) is 1. The van der Waals surface area contributed by atoms with Crippen molar-refractivity contribution in [2.24, 2.45) is 0 Å². The molecule has 2 aromatic carbocycles. The van der Waals surface area contributed by atoms with Gasteiger partial charge in [-0.05, 0) is 54.3 Å². The molecule has 3 aromatic rings. The lowest BCUT2D eigenvalue weighted by Gasteiger charge is -2.24. The van der Waals surface area contributed by atoms with Gasteiger partial charge in [-0.2, -0.15) is 0 Å². The highest BCUT2D eigenvalue weighted by molar-refractivity contribution is 6.06. The van der Waals surface area contributed by atoms with Crippen molar-refractivity contribution < 1.29 is 19.4 Å². The third kappa shape index (κ3) is 6.67. The molecule has 0 aliphatic heterocycles. The highest BCUT2D eigenvalue weighted by Crippen LogP contribution is 2.27. The van der Waals surface area contributed by atoms with E-state index >= 15 is 0 Å². The Bertz CT molecular complexity index is 1080. The van der Waals surface area contributed by atoms with Gasteiger partial charge in [0.2, 0.25) is 0 Å². The van der Waals surface area contributed by atoms with Gasteiger partial charge in [0.15, 0.2) is 0 Å². The van der Waals surface area contributed by atoms with E-state index in [9.17, 15) is 14.7 Å². The molecule has 0 radical (unpaired) electrons. The number of unbranched alkanes of at least 4 members (excludes halogenated alkanes) is 4. The Hall–Kier alpha value is -3.67. The molecule has 0 atom stereocenters. The molecule has 0 aliphatic rings. The Kier molecular flexibility index (Phi) is 9.21. The molecule has 3 rings (SSSR count). The van der Waals surface area contributed by atoms with Crippen LogP contribution in [0.15, 0.2) is 67.0 Å². The first-order valence-corrected chi connectivity index (χ1v) is 11.7. The Morgan fingerprint density at radius 2 is 1.59 bits per heavy atom. The first kappa shape index (κ1) is 25.0. The van der Waals surface area contributed by atoms with Crippen molar-refractivity contribution in [1.29, 1.82) is 0 Å². The van der Waals surface area contributed by atoms with Crippen LogP contribution in [0, 0.1) is 0 Å². The predicted octanol–water partition coefficient (Wildman–Crippen LogP) is 5.93. The normalized spacial score (nSPS) is 10.6. The smallest absolute Gasteiger partial charge is 0.341 e. The zero-order valence-corrected chi connectivity index (χ0v) is 19.9. The number of rotatable bonds is 11. The number of hydrogen-bond acceptors (Lipinski definition) is 5. The monoisotopic (exact) mass is 460 g/mol. The molecular weight excluding hydrogens is 428 g/mol. The fourth-order valence-corrected chi connectivity index (χ4v) is 3.82. The SMILES string of the molecule is CCCCCCCc1ccc(CN(C(=O)c2ccncc2)c2ccc(O)c(C(=O)OC)c2)cc1. The Labute approximate surface area is 201 Å². The molecule has 1 aromatic heterocycles. The van der Waals surface area contributed by atoms with Crippen LogP contribution in [0.4, 0.5) is 5.69 Å². The molecule has 0 bridgehead atoms. The number of pyridine rings is 1. The van der Waals surface area contributed by atoms with E-state index < -0.39 is 5.97 Å². The summed E-state index contributed by atoms with van der Waals surface area (Å²) in [5.74, 6) is -1.10. The number of aryl methyl sites for hydroxylation is 1. The molecule has 6 heteroatoms. The summed E-state index contributed by atoms with van der Waals surface area (Å²) < 4.78 is 4.77. The lowest BCUT2D eigenvalue weighted by atomic mass is 10.0. The fraction of sp³-hybridized carbons (Fsp3) is 0.321. The molecule has 0 fully saturated rings. The number of benzene rings is 2. The molecule has 0 aliphatic carbocycles. The number of nitrogens with zero attached hydrogens (tertiary/aromatic N) is 2. The molecule has 0 saturated carbocycles. The topological polar surface area (TPSA) is 79.7 Å². The summed E-state index contributed by atoms with van der Waals surface area (Å²) in [6.45, 7) is 2.53. The number of hydrogen-bond donors (Lipinski definition) is 1. The van der Waals surface area contributed by atoms with Crippen LogP contribution in [0.2, 0.25) is 0 Å². The number of phenolic OH excluding ortho intramolecular Hbond substituents is 1. The van der Waals surface area contributed by atoms with Crippen molar-refractivity contribution in [3.8, 4) is 5.75 Å². The van der Waals surface area contributed by atoms with E-state index in [2.05, 4.69) is 24.0 Å². The van der Waals surface area contributed by atoms with E-state index in [1.807, 2.05) is 12.1 Å². The average molecular weight is 461 g/mol. The lowest BCUT2D eigenvalue weighted by molar-refractivity contribution is 0.0597. The van der Waals surface area contributed by atoms with Crippen LogP contribution in [0.25, 0.3) is 0 Å². The highest BCUT2D eigenvalue weighted by atomic mass is 16.5. The summed E-state index contributed by atoms with van der Waals surface area (Å²) >= 11 is 0. The fourth-order valence-electron chi connectivity index (χ4n) is 3.82. The summed E-state index contributed by atoms with van der Waals surface area (Å²) in [6.07, 6.45) is 10.4. The van der Waals surface area contributed by atoms with Crippen molar-refractivity contribution in [2.75, 3.05) is 12.0 Å². The standard InChI is InChI=1S/C28H32N2O4/c1-3-4-5-6-7-8-21-9-11-22(12-10-21)20-30(27(32)23-15-17-29-18-16-23)24-13-14-26(31)25(19-24)28(33)34-2/h9-19,31H,3-8,20H2,1-2H3. The van der Waals surface area contributed by atoms with Gasteiger partial charge in [-0.25, -0.2) is 4.79 Å². The molecule has 1 N–H and O–H groups in total. The van der Waals surface area contributed by atoms with Crippen LogP contribution in [-0.4, -0.2) is 29.1 Å². The molecular formula is C28H32N2O4.